The molecule has 0 saturated carbocycles. The average Bonchev–Trinajstić information content (AvgIpc) is 3.28. The van der Waals surface area contributed by atoms with Gasteiger partial charge in [0.1, 0.15) is 5.82 Å². The summed E-state index contributed by atoms with van der Waals surface area (Å²) < 4.78 is 7.54. The van der Waals surface area contributed by atoms with Gasteiger partial charge in [-0.25, -0.2) is 0 Å². The summed E-state index contributed by atoms with van der Waals surface area (Å²) in [7, 11) is 0. The van der Waals surface area contributed by atoms with Crippen LogP contribution in [0.2, 0.25) is 0 Å². The molecule has 1 saturated heterocycles. The van der Waals surface area contributed by atoms with Crippen molar-refractivity contribution in [3.63, 3.8) is 0 Å². The number of aromatic nitrogens is 5. The number of fused-ring (bicyclic) bond motifs is 2. The van der Waals surface area contributed by atoms with Gasteiger partial charge in [0.25, 0.3) is 0 Å². The molecule has 7 heteroatoms. The number of rotatable bonds is 4. The Morgan fingerprint density at radius 2 is 1.68 bits per heavy atom. The standard InChI is InChI=1S/C21H24N6S/c1-2-25-17-7-3-4-8-18(17)27(21(25)28)15-24-13-10-16(11-14-24)20-23-22-19-9-5-6-12-26(19)20/h3-9,12,16H,2,10-11,13-15H2,1H3. The summed E-state index contributed by atoms with van der Waals surface area (Å²) in [5, 5.41) is 8.78. The summed E-state index contributed by atoms with van der Waals surface area (Å²) in [5.41, 5.74) is 3.37. The van der Waals surface area contributed by atoms with Crippen LogP contribution in [0.3, 0.4) is 0 Å². The molecule has 144 valence electrons. The van der Waals surface area contributed by atoms with E-state index in [0.717, 1.165) is 55.4 Å². The minimum absolute atomic E-state index is 0.457. The fourth-order valence-corrected chi connectivity index (χ4v) is 4.77. The number of hydrogen-bond acceptors (Lipinski definition) is 4. The zero-order valence-corrected chi connectivity index (χ0v) is 16.8. The van der Waals surface area contributed by atoms with Crippen molar-refractivity contribution in [1.82, 2.24) is 28.6 Å². The molecular weight excluding hydrogens is 368 g/mol. The molecule has 1 aromatic carbocycles. The lowest BCUT2D eigenvalue weighted by atomic mass is 9.96. The van der Waals surface area contributed by atoms with Gasteiger partial charge >= 0.3 is 0 Å². The van der Waals surface area contributed by atoms with Gasteiger partial charge in [0.05, 0.1) is 17.7 Å². The molecule has 4 heterocycles. The van der Waals surface area contributed by atoms with Crippen molar-refractivity contribution in [2.75, 3.05) is 13.1 Å². The van der Waals surface area contributed by atoms with Gasteiger partial charge in [-0.05, 0) is 56.2 Å². The molecule has 0 radical (unpaired) electrons. The lowest BCUT2D eigenvalue weighted by molar-refractivity contribution is 0.168. The van der Waals surface area contributed by atoms with Crippen LogP contribution < -0.4 is 0 Å². The predicted octanol–water partition coefficient (Wildman–Crippen LogP) is 4.07. The van der Waals surface area contributed by atoms with Crippen molar-refractivity contribution in [2.24, 2.45) is 0 Å². The van der Waals surface area contributed by atoms with Gasteiger partial charge in [-0.3, -0.25) is 9.30 Å². The van der Waals surface area contributed by atoms with E-state index in [1.807, 2.05) is 18.2 Å². The molecule has 3 aromatic heterocycles. The first-order valence-electron chi connectivity index (χ1n) is 9.96. The van der Waals surface area contributed by atoms with Crippen LogP contribution in [0.5, 0.6) is 0 Å². The van der Waals surface area contributed by atoms with E-state index in [9.17, 15) is 0 Å². The highest BCUT2D eigenvalue weighted by Gasteiger charge is 2.25. The maximum atomic E-state index is 5.78. The van der Waals surface area contributed by atoms with Crippen molar-refractivity contribution in [2.45, 2.75) is 38.9 Å². The molecule has 0 amide bonds. The fraction of sp³-hybridized carbons (Fsp3) is 0.381. The molecule has 0 N–H and O–H groups in total. The smallest absolute Gasteiger partial charge is 0.181 e. The summed E-state index contributed by atoms with van der Waals surface area (Å²) in [4.78, 5) is 2.50. The molecular formula is C21H24N6S. The molecule has 5 rings (SSSR count). The van der Waals surface area contributed by atoms with Crippen LogP contribution in [0.25, 0.3) is 16.7 Å². The normalized spacial score (nSPS) is 16.3. The number of likely N-dealkylation sites (tertiary alicyclic amines) is 1. The first kappa shape index (κ1) is 17.6. The average molecular weight is 393 g/mol. The van der Waals surface area contributed by atoms with E-state index in [0.29, 0.717) is 5.92 Å². The maximum Gasteiger partial charge on any atom is 0.181 e. The van der Waals surface area contributed by atoms with Gasteiger partial charge in [0.15, 0.2) is 10.4 Å². The number of aryl methyl sites for hydroxylation is 1. The highest BCUT2D eigenvalue weighted by atomic mass is 32.1. The van der Waals surface area contributed by atoms with Crippen LogP contribution in [0.4, 0.5) is 0 Å². The quantitative estimate of drug-likeness (QED) is 0.491. The Labute approximate surface area is 169 Å². The molecule has 4 aromatic rings. The zero-order chi connectivity index (χ0) is 19.1. The van der Waals surface area contributed by atoms with Crippen molar-refractivity contribution in [1.29, 1.82) is 0 Å². The number of benzene rings is 1. The molecule has 0 unspecified atom stereocenters. The van der Waals surface area contributed by atoms with Crippen molar-refractivity contribution < 1.29 is 0 Å². The molecule has 28 heavy (non-hydrogen) atoms. The molecule has 0 spiro atoms. The summed E-state index contributed by atoms with van der Waals surface area (Å²) in [6, 6.07) is 14.6. The number of para-hydroxylation sites is 2. The first-order chi connectivity index (χ1) is 13.8. The molecule has 0 bridgehead atoms. The Balaban J connectivity index is 1.35. The van der Waals surface area contributed by atoms with Crippen LogP contribution in [-0.4, -0.2) is 41.7 Å². The minimum Gasteiger partial charge on any atom is -0.317 e. The third-order valence-corrected chi connectivity index (χ3v) is 6.32. The van der Waals surface area contributed by atoms with E-state index < -0.39 is 0 Å². The third kappa shape index (κ3) is 2.86. The van der Waals surface area contributed by atoms with Gasteiger partial charge in [-0.1, -0.05) is 18.2 Å². The molecule has 0 aliphatic carbocycles. The number of hydrogen-bond donors (Lipinski definition) is 0. The monoisotopic (exact) mass is 392 g/mol. The van der Waals surface area contributed by atoms with Crippen LogP contribution in [0, 0.1) is 4.77 Å². The van der Waals surface area contributed by atoms with Gasteiger partial charge in [0, 0.05) is 31.7 Å². The Morgan fingerprint density at radius 1 is 0.964 bits per heavy atom. The number of nitrogens with zero attached hydrogens (tertiary/aromatic N) is 6. The summed E-state index contributed by atoms with van der Waals surface area (Å²) in [6.45, 7) is 5.98. The van der Waals surface area contributed by atoms with E-state index in [2.05, 4.69) is 66.0 Å². The topological polar surface area (TPSA) is 43.3 Å². The van der Waals surface area contributed by atoms with Crippen molar-refractivity contribution >= 4 is 28.9 Å². The van der Waals surface area contributed by atoms with Crippen molar-refractivity contribution in [3.05, 3.63) is 59.3 Å². The van der Waals surface area contributed by atoms with Gasteiger partial charge in [-0.15, -0.1) is 10.2 Å². The number of imidazole rings is 1. The van der Waals surface area contributed by atoms with E-state index >= 15 is 0 Å². The second kappa shape index (κ2) is 7.14. The van der Waals surface area contributed by atoms with Crippen LogP contribution >= 0.6 is 12.2 Å². The third-order valence-electron chi connectivity index (χ3n) is 5.88. The van der Waals surface area contributed by atoms with Gasteiger partial charge in [-0.2, -0.15) is 0 Å². The molecule has 1 aliphatic rings. The van der Waals surface area contributed by atoms with Gasteiger partial charge in [0.2, 0.25) is 0 Å². The Kier molecular flexibility index (Phi) is 4.49. The Bertz CT molecular complexity index is 1180. The zero-order valence-electron chi connectivity index (χ0n) is 16.0. The fourth-order valence-electron chi connectivity index (χ4n) is 4.39. The number of pyridine rings is 1. The maximum absolute atomic E-state index is 5.78. The molecule has 6 nitrogen and oxygen atoms in total. The molecule has 1 aliphatic heterocycles. The van der Waals surface area contributed by atoms with Crippen LogP contribution in [-0.2, 0) is 13.2 Å². The first-order valence-corrected chi connectivity index (χ1v) is 10.4. The van der Waals surface area contributed by atoms with Gasteiger partial charge < -0.3 is 9.13 Å². The summed E-state index contributed by atoms with van der Waals surface area (Å²) >= 11 is 5.78. The van der Waals surface area contributed by atoms with E-state index in [-0.39, 0.29) is 0 Å². The number of piperidine rings is 1. The van der Waals surface area contributed by atoms with Crippen LogP contribution in [0.15, 0.2) is 48.7 Å². The van der Waals surface area contributed by atoms with E-state index in [1.54, 1.807) is 0 Å². The molecule has 0 atom stereocenters. The van der Waals surface area contributed by atoms with E-state index in [4.69, 9.17) is 12.2 Å². The SMILES string of the molecule is CCn1c(=S)n(CN2CCC(c3nnc4ccccn34)CC2)c2ccccc21. The highest BCUT2D eigenvalue weighted by Crippen LogP contribution is 2.28. The Morgan fingerprint density at radius 3 is 2.43 bits per heavy atom. The highest BCUT2D eigenvalue weighted by molar-refractivity contribution is 7.71. The van der Waals surface area contributed by atoms with Crippen molar-refractivity contribution in [3.8, 4) is 0 Å². The minimum atomic E-state index is 0.457. The second-order valence-corrected chi connectivity index (χ2v) is 7.83. The van der Waals surface area contributed by atoms with Crippen LogP contribution in [0.1, 0.15) is 31.5 Å². The predicted molar refractivity (Wildman–Crippen MR) is 113 cm³/mol. The lowest BCUT2D eigenvalue weighted by Gasteiger charge is -2.31. The summed E-state index contributed by atoms with van der Waals surface area (Å²) in [5.74, 6) is 1.55. The Hall–Kier alpha value is -2.51. The largest absolute Gasteiger partial charge is 0.317 e. The van der Waals surface area contributed by atoms with E-state index in [1.165, 1.54) is 11.0 Å². The summed E-state index contributed by atoms with van der Waals surface area (Å²) in [6.07, 6.45) is 4.25. The molecule has 1 fully saturated rings. The lowest BCUT2D eigenvalue weighted by Crippen LogP contribution is -2.35. The second-order valence-electron chi connectivity index (χ2n) is 7.46.